The van der Waals surface area contributed by atoms with Gasteiger partial charge in [0.25, 0.3) is 5.19 Å². The summed E-state index contributed by atoms with van der Waals surface area (Å²) in [6.07, 6.45) is 4.20. The molecule has 0 aliphatic carbocycles. The van der Waals surface area contributed by atoms with Gasteiger partial charge in [-0.1, -0.05) is 0 Å². The standard InChI is InChI=1S/C9H14N2O2S/c1-12-9-11-6-8(14-9)13-7-2-4-10-5-3-7/h6-7,10H,2-5H2,1H3. The van der Waals surface area contributed by atoms with E-state index in [-0.39, 0.29) is 0 Å². The molecule has 0 saturated carbocycles. The summed E-state index contributed by atoms with van der Waals surface area (Å²) >= 11 is 1.45. The first-order valence-corrected chi connectivity index (χ1v) is 5.57. The molecule has 78 valence electrons. The first kappa shape index (κ1) is 9.73. The van der Waals surface area contributed by atoms with Gasteiger partial charge in [0.15, 0.2) is 5.06 Å². The van der Waals surface area contributed by atoms with Crippen LogP contribution in [0.2, 0.25) is 0 Å². The average molecular weight is 214 g/mol. The van der Waals surface area contributed by atoms with E-state index in [1.54, 1.807) is 13.3 Å². The Kier molecular flexibility index (Phi) is 3.21. The fourth-order valence-corrected chi connectivity index (χ4v) is 2.12. The summed E-state index contributed by atoms with van der Waals surface area (Å²) in [5, 5.41) is 4.82. The molecule has 2 rings (SSSR count). The Hall–Kier alpha value is -0.810. The van der Waals surface area contributed by atoms with Gasteiger partial charge in [0, 0.05) is 0 Å². The summed E-state index contributed by atoms with van der Waals surface area (Å²) in [5.41, 5.74) is 0. The number of nitrogens with zero attached hydrogens (tertiary/aromatic N) is 1. The lowest BCUT2D eigenvalue weighted by molar-refractivity contribution is 0.167. The van der Waals surface area contributed by atoms with Gasteiger partial charge in [-0.05, 0) is 37.3 Å². The minimum absolute atomic E-state index is 0.335. The van der Waals surface area contributed by atoms with Crippen LogP contribution in [0.3, 0.4) is 0 Å². The lowest BCUT2D eigenvalue weighted by atomic mass is 10.1. The fourth-order valence-electron chi connectivity index (χ4n) is 1.47. The van der Waals surface area contributed by atoms with Crippen molar-refractivity contribution in [1.29, 1.82) is 0 Å². The Morgan fingerprint density at radius 3 is 2.93 bits per heavy atom. The molecule has 0 unspecified atom stereocenters. The van der Waals surface area contributed by atoms with Gasteiger partial charge in [-0.15, -0.1) is 0 Å². The van der Waals surface area contributed by atoms with E-state index in [0.717, 1.165) is 31.0 Å². The van der Waals surface area contributed by atoms with Crippen LogP contribution in [0.4, 0.5) is 0 Å². The highest BCUT2D eigenvalue weighted by molar-refractivity contribution is 7.15. The quantitative estimate of drug-likeness (QED) is 0.823. The number of hydrogen-bond acceptors (Lipinski definition) is 5. The van der Waals surface area contributed by atoms with Crippen molar-refractivity contribution < 1.29 is 9.47 Å². The third-order valence-corrected chi connectivity index (χ3v) is 3.06. The molecule has 5 heteroatoms. The van der Waals surface area contributed by atoms with Crippen LogP contribution in [-0.2, 0) is 0 Å². The first-order valence-electron chi connectivity index (χ1n) is 4.75. The zero-order chi connectivity index (χ0) is 9.80. The van der Waals surface area contributed by atoms with E-state index in [2.05, 4.69) is 10.3 Å². The van der Waals surface area contributed by atoms with Gasteiger partial charge in [-0.25, -0.2) is 4.98 Å². The number of rotatable bonds is 3. The molecule has 0 radical (unpaired) electrons. The molecule has 1 saturated heterocycles. The Morgan fingerprint density at radius 2 is 2.29 bits per heavy atom. The smallest absolute Gasteiger partial charge is 0.276 e. The zero-order valence-electron chi connectivity index (χ0n) is 8.16. The first-order chi connectivity index (χ1) is 6.88. The molecular formula is C9H14N2O2S. The van der Waals surface area contributed by atoms with E-state index in [1.807, 2.05) is 0 Å². The second kappa shape index (κ2) is 4.61. The molecule has 0 spiro atoms. The second-order valence-corrected chi connectivity index (χ2v) is 4.17. The van der Waals surface area contributed by atoms with Crippen LogP contribution < -0.4 is 14.8 Å². The predicted octanol–water partition coefficient (Wildman–Crippen LogP) is 1.28. The summed E-state index contributed by atoms with van der Waals surface area (Å²) in [6.45, 7) is 2.08. The van der Waals surface area contributed by atoms with E-state index >= 15 is 0 Å². The van der Waals surface area contributed by atoms with Gasteiger partial charge in [-0.2, -0.15) is 0 Å². The van der Waals surface area contributed by atoms with Gasteiger partial charge in [-0.3, -0.25) is 0 Å². The van der Waals surface area contributed by atoms with Crippen molar-refractivity contribution in [2.75, 3.05) is 20.2 Å². The molecule has 4 nitrogen and oxygen atoms in total. The van der Waals surface area contributed by atoms with Crippen LogP contribution in [0.25, 0.3) is 0 Å². The topological polar surface area (TPSA) is 43.4 Å². The zero-order valence-corrected chi connectivity index (χ0v) is 8.97. The summed E-state index contributed by atoms with van der Waals surface area (Å²) in [5.74, 6) is 0. The summed E-state index contributed by atoms with van der Waals surface area (Å²) in [6, 6.07) is 0. The largest absolute Gasteiger partial charge is 0.479 e. The minimum Gasteiger partial charge on any atom is -0.479 e. The highest BCUT2D eigenvalue weighted by Gasteiger charge is 2.15. The Labute approximate surface area is 87.3 Å². The third-order valence-electron chi connectivity index (χ3n) is 2.21. The van der Waals surface area contributed by atoms with Gasteiger partial charge in [0.05, 0.1) is 13.3 Å². The molecule has 1 aromatic rings. The number of hydrogen-bond donors (Lipinski definition) is 1. The molecule has 0 amide bonds. The van der Waals surface area contributed by atoms with Crippen LogP contribution in [0.15, 0.2) is 6.20 Å². The van der Waals surface area contributed by atoms with Crippen LogP contribution >= 0.6 is 11.3 Å². The average Bonchev–Trinajstić information content (AvgIpc) is 2.67. The molecular weight excluding hydrogens is 200 g/mol. The molecule has 14 heavy (non-hydrogen) atoms. The van der Waals surface area contributed by atoms with Crippen LogP contribution in [0, 0.1) is 0 Å². The molecule has 1 aromatic heterocycles. The van der Waals surface area contributed by atoms with Crippen molar-refractivity contribution in [2.45, 2.75) is 18.9 Å². The van der Waals surface area contributed by atoms with Gasteiger partial charge < -0.3 is 14.8 Å². The number of aromatic nitrogens is 1. The van der Waals surface area contributed by atoms with Crippen molar-refractivity contribution in [2.24, 2.45) is 0 Å². The molecule has 0 bridgehead atoms. The Balaban J connectivity index is 1.89. The van der Waals surface area contributed by atoms with E-state index in [4.69, 9.17) is 9.47 Å². The van der Waals surface area contributed by atoms with Crippen molar-refractivity contribution in [3.8, 4) is 10.3 Å². The maximum Gasteiger partial charge on any atom is 0.276 e. The molecule has 1 N–H and O–H groups in total. The van der Waals surface area contributed by atoms with Crippen LogP contribution in [0.5, 0.6) is 10.3 Å². The maximum atomic E-state index is 5.77. The number of ether oxygens (including phenoxy) is 2. The van der Waals surface area contributed by atoms with Crippen molar-refractivity contribution in [3.63, 3.8) is 0 Å². The van der Waals surface area contributed by atoms with Gasteiger partial charge in [0.2, 0.25) is 0 Å². The molecule has 2 heterocycles. The van der Waals surface area contributed by atoms with Crippen molar-refractivity contribution >= 4 is 11.3 Å². The highest BCUT2D eigenvalue weighted by Crippen LogP contribution is 2.28. The summed E-state index contributed by atoms with van der Waals surface area (Å²) in [7, 11) is 1.62. The normalized spacial score (nSPS) is 18.1. The SMILES string of the molecule is COc1ncc(OC2CCNCC2)s1. The lowest BCUT2D eigenvalue weighted by Gasteiger charge is -2.22. The third kappa shape index (κ3) is 2.36. The Morgan fingerprint density at radius 1 is 1.50 bits per heavy atom. The molecule has 0 aromatic carbocycles. The van der Waals surface area contributed by atoms with Crippen molar-refractivity contribution in [1.82, 2.24) is 10.3 Å². The number of thiazole rings is 1. The van der Waals surface area contributed by atoms with Crippen molar-refractivity contribution in [3.05, 3.63) is 6.20 Å². The van der Waals surface area contributed by atoms with Crippen LogP contribution in [0.1, 0.15) is 12.8 Å². The minimum atomic E-state index is 0.335. The molecule has 1 aliphatic heterocycles. The van der Waals surface area contributed by atoms with E-state index in [1.165, 1.54) is 11.3 Å². The maximum absolute atomic E-state index is 5.77. The Bertz CT molecular complexity index is 284. The van der Waals surface area contributed by atoms with Gasteiger partial charge in [0.1, 0.15) is 6.10 Å². The lowest BCUT2D eigenvalue weighted by Crippen LogP contribution is -2.33. The summed E-state index contributed by atoms with van der Waals surface area (Å²) in [4.78, 5) is 4.06. The molecule has 1 aliphatic rings. The number of methoxy groups -OCH3 is 1. The number of piperidine rings is 1. The number of nitrogens with one attached hydrogen (secondary N) is 1. The van der Waals surface area contributed by atoms with E-state index in [0.29, 0.717) is 11.3 Å². The predicted molar refractivity (Wildman–Crippen MR) is 55.2 cm³/mol. The van der Waals surface area contributed by atoms with Gasteiger partial charge >= 0.3 is 0 Å². The molecule has 0 atom stereocenters. The monoisotopic (exact) mass is 214 g/mol. The van der Waals surface area contributed by atoms with Crippen LogP contribution in [-0.4, -0.2) is 31.3 Å². The van der Waals surface area contributed by atoms with E-state index < -0.39 is 0 Å². The summed E-state index contributed by atoms with van der Waals surface area (Å²) < 4.78 is 10.8. The van der Waals surface area contributed by atoms with E-state index in [9.17, 15) is 0 Å². The fraction of sp³-hybridized carbons (Fsp3) is 0.667. The highest BCUT2D eigenvalue weighted by atomic mass is 32.1. The molecule has 1 fully saturated rings. The second-order valence-electron chi connectivity index (χ2n) is 3.22.